The van der Waals surface area contributed by atoms with Crippen LogP contribution in [0.15, 0.2) is 168 Å². The van der Waals surface area contributed by atoms with Gasteiger partial charge in [-0.25, -0.2) is 9.97 Å². The lowest BCUT2D eigenvalue weighted by Crippen LogP contribution is -2.00. The van der Waals surface area contributed by atoms with Gasteiger partial charge in [-0.05, 0) is 64.7 Å². The highest BCUT2D eigenvalue weighted by molar-refractivity contribution is 6.19. The molecule has 0 aliphatic heterocycles. The SMILES string of the molecule is c1ccc(-c2ccc(-c3cc(-c4ccccc4)nc(-n4c5ccccc5c5c6oc(-c7ccccc7)nc6ccc54)c3)cc2)cc1. The number of pyridine rings is 1. The molecule has 0 N–H and O–H groups in total. The third-order valence-corrected chi connectivity index (χ3v) is 8.65. The Bertz CT molecular complexity index is 2500. The maximum Gasteiger partial charge on any atom is 0.227 e. The average Bonchev–Trinajstić information content (AvgIpc) is 3.72. The molecule has 0 amide bonds. The van der Waals surface area contributed by atoms with E-state index in [1.165, 1.54) is 11.1 Å². The maximum atomic E-state index is 6.51. The molecule has 3 heterocycles. The van der Waals surface area contributed by atoms with Crippen LogP contribution < -0.4 is 0 Å². The van der Waals surface area contributed by atoms with Crippen LogP contribution in [0.2, 0.25) is 0 Å². The molecule has 3 aromatic heterocycles. The van der Waals surface area contributed by atoms with Gasteiger partial charge >= 0.3 is 0 Å². The molecule has 216 valence electrons. The monoisotopic (exact) mass is 589 g/mol. The summed E-state index contributed by atoms with van der Waals surface area (Å²) < 4.78 is 8.77. The summed E-state index contributed by atoms with van der Waals surface area (Å²) in [6.07, 6.45) is 0. The molecule has 6 aromatic carbocycles. The fraction of sp³-hybridized carbons (Fsp3) is 0. The number of rotatable bonds is 5. The van der Waals surface area contributed by atoms with E-state index in [1.807, 2.05) is 48.5 Å². The molecule has 0 aliphatic rings. The Kier molecular flexibility index (Phi) is 6.10. The van der Waals surface area contributed by atoms with Crippen LogP contribution in [0.3, 0.4) is 0 Å². The van der Waals surface area contributed by atoms with Crippen LogP contribution in [0.4, 0.5) is 0 Å². The average molecular weight is 590 g/mol. The van der Waals surface area contributed by atoms with Crippen molar-refractivity contribution in [1.82, 2.24) is 14.5 Å². The van der Waals surface area contributed by atoms with Crippen LogP contribution in [-0.2, 0) is 0 Å². The fourth-order valence-electron chi connectivity index (χ4n) is 6.43. The van der Waals surface area contributed by atoms with Crippen molar-refractivity contribution in [2.45, 2.75) is 0 Å². The first kappa shape index (κ1) is 26.2. The van der Waals surface area contributed by atoms with Crippen LogP contribution >= 0.6 is 0 Å². The lowest BCUT2D eigenvalue weighted by atomic mass is 9.99. The minimum atomic E-state index is 0.616. The molecule has 0 saturated heterocycles. The highest BCUT2D eigenvalue weighted by Gasteiger charge is 2.20. The molecule has 0 unspecified atom stereocenters. The Morgan fingerprint density at radius 2 is 1.02 bits per heavy atom. The zero-order chi connectivity index (χ0) is 30.5. The van der Waals surface area contributed by atoms with Crippen LogP contribution in [0.1, 0.15) is 0 Å². The van der Waals surface area contributed by atoms with Gasteiger partial charge in [0.15, 0.2) is 5.58 Å². The second-order valence-electron chi connectivity index (χ2n) is 11.5. The summed E-state index contributed by atoms with van der Waals surface area (Å²) in [5, 5.41) is 2.13. The van der Waals surface area contributed by atoms with Crippen LogP contribution in [0.5, 0.6) is 0 Å². The van der Waals surface area contributed by atoms with Crippen LogP contribution in [-0.4, -0.2) is 14.5 Å². The molecule has 9 aromatic rings. The smallest absolute Gasteiger partial charge is 0.227 e. The number of hydrogen-bond donors (Lipinski definition) is 0. The molecule has 0 radical (unpaired) electrons. The summed E-state index contributed by atoms with van der Waals surface area (Å²) in [6, 6.07) is 56.7. The number of oxazole rings is 1. The molecule has 4 heteroatoms. The normalized spacial score (nSPS) is 11.5. The molecule has 0 saturated carbocycles. The van der Waals surface area contributed by atoms with Gasteiger partial charge in [-0.1, -0.05) is 121 Å². The van der Waals surface area contributed by atoms with E-state index in [4.69, 9.17) is 14.4 Å². The summed E-state index contributed by atoms with van der Waals surface area (Å²) in [5.74, 6) is 1.46. The van der Waals surface area contributed by atoms with E-state index >= 15 is 0 Å². The van der Waals surface area contributed by atoms with E-state index < -0.39 is 0 Å². The van der Waals surface area contributed by atoms with Crippen molar-refractivity contribution in [3.05, 3.63) is 164 Å². The largest absolute Gasteiger partial charge is 0.435 e. The molecular formula is C42H27N3O. The zero-order valence-corrected chi connectivity index (χ0v) is 24.8. The van der Waals surface area contributed by atoms with E-state index in [0.717, 1.165) is 66.7 Å². The molecule has 0 spiro atoms. The third-order valence-electron chi connectivity index (χ3n) is 8.65. The van der Waals surface area contributed by atoms with Crippen molar-refractivity contribution in [2.24, 2.45) is 0 Å². The van der Waals surface area contributed by atoms with E-state index in [0.29, 0.717) is 5.89 Å². The van der Waals surface area contributed by atoms with Gasteiger partial charge in [-0.15, -0.1) is 0 Å². The van der Waals surface area contributed by atoms with Gasteiger partial charge in [0.05, 0.1) is 22.1 Å². The van der Waals surface area contributed by atoms with Gasteiger partial charge in [0, 0.05) is 16.5 Å². The first-order chi connectivity index (χ1) is 22.8. The number of fused-ring (bicyclic) bond motifs is 5. The Hall–Kier alpha value is -6.26. The Labute approximate surface area is 265 Å². The lowest BCUT2D eigenvalue weighted by molar-refractivity contribution is 0.623. The van der Waals surface area contributed by atoms with E-state index in [-0.39, 0.29) is 0 Å². The second kappa shape index (κ2) is 10.7. The number of nitrogens with zero attached hydrogens (tertiary/aromatic N) is 3. The number of benzene rings is 6. The van der Waals surface area contributed by atoms with Crippen LogP contribution in [0, 0.1) is 0 Å². The van der Waals surface area contributed by atoms with E-state index in [1.54, 1.807) is 0 Å². The molecule has 9 rings (SSSR count). The summed E-state index contributed by atoms with van der Waals surface area (Å²) >= 11 is 0. The summed E-state index contributed by atoms with van der Waals surface area (Å²) in [6.45, 7) is 0. The molecule has 0 fully saturated rings. The van der Waals surface area contributed by atoms with Crippen molar-refractivity contribution in [3.63, 3.8) is 0 Å². The molecule has 46 heavy (non-hydrogen) atoms. The predicted octanol–water partition coefficient (Wildman–Crippen LogP) is 11.0. The van der Waals surface area contributed by atoms with Gasteiger partial charge in [-0.3, -0.25) is 4.57 Å². The Balaban J connectivity index is 1.27. The number of aromatic nitrogens is 3. The van der Waals surface area contributed by atoms with Gasteiger partial charge < -0.3 is 4.42 Å². The van der Waals surface area contributed by atoms with Gasteiger partial charge in [0.25, 0.3) is 0 Å². The van der Waals surface area contributed by atoms with Crippen molar-refractivity contribution >= 4 is 32.9 Å². The highest BCUT2D eigenvalue weighted by Crippen LogP contribution is 2.39. The minimum Gasteiger partial charge on any atom is -0.435 e. The van der Waals surface area contributed by atoms with Crippen molar-refractivity contribution in [1.29, 1.82) is 0 Å². The van der Waals surface area contributed by atoms with Gasteiger partial charge in [0.1, 0.15) is 11.3 Å². The molecule has 0 bridgehead atoms. The second-order valence-corrected chi connectivity index (χ2v) is 11.5. The highest BCUT2D eigenvalue weighted by atomic mass is 16.3. The molecule has 0 aliphatic carbocycles. The summed E-state index contributed by atoms with van der Waals surface area (Å²) in [5.41, 5.74) is 11.3. The Morgan fingerprint density at radius 1 is 0.435 bits per heavy atom. The molecular weight excluding hydrogens is 562 g/mol. The van der Waals surface area contributed by atoms with Crippen molar-refractivity contribution in [3.8, 4) is 50.8 Å². The number of para-hydroxylation sites is 1. The fourth-order valence-corrected chi connectivity index (χ4v) is 6.43. The molecule has 0 atom stereocenters. The third kappa shape index (κ3) is 4.39. The first-order valence-corrected chi connectivity index (χ1v) is 15.4. The lowest BCUT2D eigenvalue weighted by Gasteiger charge is -2.13. The maximum absolute atomic E-state index is 6.51. The number of hydrogen-bond acceptors (Lipinski definition) is 3. The van der Waals surface area contributed by atoms with Gasteiger partial charge in [-0.2, -0.15) is 0 Å². The molecule has 4 nitrogen and oxygen atoms in total. The Morgan fingerprint density at radius 3 is 1.74 bits per heavy atom. The first-order valence-electron chi connectivity index (χ1n) is 15.4. The summed E-state index contributed by atoms with van der Waals surface area (Å²) in [7, 11) is 0. The quantitative estimate of drug-likeness (QED) is 0.201. The summed E-state index contributed by atoms with van der Waals surface area (Å²) in [4.78, 5) is 10.2. The van der Waals surface area contributed by atoms with E-state index in [9.17, 15) is 0 Å². The zero-order valence-electron chi connectivity index (χ0n) is 24.8. The van der Waals surface area contributed by atoms with E-state index in [2.05, 4.69) is 120 Å². The van der Waals surface area contributed by atoms with Gasteiger partial charge in [0.2, 0.25) is 5.89 Å². The predicted molar refractivity (Wildman–Crippen MR) is 188 cm³/mol. The standard InChI is InChI=1S/C42H27N3O/c1-4-12-28(13-5-1)29-20-22-30(23-21-29)33-26-36(31-14-6-2-7-15-31)43-39(27-33)45-37-19-11-10-18-34(37)40-38(45)25-24-35-41(40)46-42(44-35)32-16-8-3-9-17-32/h1-27H. The minimum absolute atomic E-state index is 0.616. The van der Waals surface area contributed by atoms with Crippen molar-refractivity contribution in [2.75, 3.05) is 0 Å². The topological polar surface area (TPSA) is 43.9 Å². The van der Waals surface area contributed by atoms with Crippen LogP contribution in [0.25, 0.3) is 83.7 Å². The van der Waals surface area contributed by atoms with Crippen molar-refractivity contribution < 1.29 is 4.42 Å².